The number of aliphatic imine (C=N–C) groups is 1. The standard InChI is InChI=1S/C14H15N3O4.ClH/c18-12-9-3-1-2-4-10(9)15-13(11(12)14(19)20)16-5-7-17(21)8-6-16;/h1-4,11,21H,5-8H2,(H,19,20);1H. The molecular weight excluding hydrogens is 310 g/mol. The first-order valence-electron chi connectivity index (χ1n) is 6.71. The molecule has 0 radical (unpaired) electrons. The van der Waals surface area contributed by atoms with Gasteiger partial charge < -0.3 is 15.2 Å². The van der Waals surface area contributed by atoms with E-state index in [4.69, 9.17) is 0 Å². The number of hydroxylamine groups is 2. The van der Waals surface area contributed by atoms with E-state index in [1.807, 2.05) is 0 Å². The summed E-state index contributed by atoms with van der Waals surface area (Å²) < 4.78 is 0. The molecule has 2 N–H and O–H groups in total. The Hall–Kier alpha value is -1.96. The molecule has 0 spiro atoms. The molecule has 0 amide bonds. The lowest BCUT2D eigenvalue weighted by Crippen LogP contribution is -2.52. The molecule has 1 aromatic carbocycles. The van der Waals surface area contributed by atoms with E-state index in [0.717, 1.165) is 0 Å². The van der Waals surface area contributed by atoms with Crippen molar-refractivity contribution < 1.29 is 19.9 Å². The van der Waals surface area contributed by atoms with E-state index in [1.54, 1.807) is 29.2 Å². The third-order valence-electron chi connectivity index (χ3n) is 3.75. The van der Waals surface area contributed by atoms with Gasteiger partial charge in [-0.25, -0.2) is 4.99 Å². The van der Waals surface area contributed by atoms with Gasteiger partial charge in [0.25, 0.3) is 0 Å². The maximum Gasteiger partial charge on any atom is 0.322 e. The molecule has 1 aromatic rings. The van der Waals surface area contributed by atoms with Crippen molar-refractivity contribution in [2.24, 2.45) is 10.9 Å². The van der Waals surface area contributed by atoms with E-state index in [2.05, 4.69) is 4.99 Å². The lowest BCUT2D eigenvalue weighted by atomic mass is 9.91. The van der Waals surface area contributed by atoms with Gasteiger partial charge in [0.2, 0.25) is 0 Å². The molecule has 0 aliphatic carbocycles. The predicted octanol–water partition coefficient (Wildman–Crippen LogP) is 1.04. The summed E-state index contributed by atoms with van der Waals surface area (Å²) in [6.45, 7) is 1.66. The van der Waals surface area contributed by atoms with Crippen LogP contribution in [0.3, 0.4) is 0 Å². The first kappa shape index (κ1) is 16.4. The van der Waals surface area contributed by atoms with E-state index in [-0.39, 0.29) is 18.2 Å². The number of halogens is 1. The molecule has 1 atom stereocenters. The number of hydrogen-bond acceptors (Lipinski definition) is 6. The quantitative estimate of drug-likeness (QED) is 0.749. The van der Waals surface area contributed by atoms with Crippen LogP contribution in [0.2, 0.25) is 0 Å². The Kier molecular flexibility index (Phi) is 4.80. The fourth-order valence-corrected chi connectivity index (χ4v) is 2.64. The highest BCUT2D eigenvalue weighted by Gasteiger charge is 2.40. The monoisotopic (exact) mass is 325 g/mol. The van der Waals surface area contributed by atoms with Crippen LogP contribution in [0, 0.1) is 5.92 Å². The van der Waals surface area contributed by atoms with Crippen LogP contribution in [-0.2, 0) is 4.79 Å². The summed E-state index contributed by atoms with van der Waals surface area (Å²) in [7, 11) is 0. The Morgan fingerprint density at radius 2 is 1.82 bits per heavy atom. The first-order valence-corrected chi connectivity index (χ1v) is 6.71. The average molecular weight is 326 g/mol. The van der Waals surface area contributed by atoms with Gasteiger partial charge in [-0.15, -0.1) is 12.4 Å². The molecule has 2 aliphatic rings. The second-order valence-corrected chi connectivity index (χ2v) is 5.06. The molecule has 0 bridgehead atoms. The van der Waals surface area contributed by atoms with Gasteiger partial charge in [-0.05, 0) is 12.1 Å². The number of Topliss-reactive ketones (excluding diaryl/α,β-unsaturated/α-hetero) is 1. The number of rotatable bonds is 1. The van der Waals surface area contributed by atoms with Crippen LogP contribution in [0.15, 0.2) is 29.3 Å². The van der Waals surface area contributed by atoms with Crippen molar-refractivity contribution in [3.63, 3.8) is 0 Å². The maximum atomic E-state index is 12.4. The number of hydrogen-bond donors (Lipinski definition) is 2. The highest BCUT2D eigenvalue weighted by Crippen LogP contribution is 2.30. The van der Waals surface area contributed by atoms with Crippen molar-refractivity contribution in [1.29, 1.82) is 0 Å². The summed E-state index contributed by atoms with van der Waals surface area (Å²) in [5.74, 6) is -2.64. The maximum absolute atomic E-state index is 12.4. The summed E-state index contributed by atoms with van der Waals surface area (Å²) in [5.41, 5.74) is 0.843. The van der Waals surface area contributed by atoms with Gasteiger partial charge in [0.15, 0.2) is 11.7 Å². The van der Waals surface area contributed by atoms with E-state index in [1.165, 1.54) is 5.06 Å². The zero-order valence-corrected chi connectivity index (χ0v) is 12.5. The summed E-state index contributed by atoms with van der Waals surface area (Å²) in [4.78, 5) is 30.1. The molecule has 2 heterocycles. The Labute approximate surface area is 133 Å². The smallest absolute Gasteiger partial charge is 0.322 e. The summed E-state index contributed by atoms with van der Waals surface area (Å²) in [6, 6.07) is 6.76. The molecule has 2 aliphatic heterocycles. The number of para-hydroxylation sites is 1. The van der Waals surface area contributed by atoms with Gasteiger partial charge >= 0.3 is 5.97 Å². The number of fused-ring (bicyclic) bond motifs is 1. The number of amidine groups is 1. The van der Waals surface area contributed by atoms with Crippen LogP contribution in [0.5, 0.6) is 0 Å². The Morgan fingerprint density at radius 1 is 1.18 bits per heavy atom. The van der Waals surface area contributed by atoms with Crippen LogP contribution in [-0.4, -0.2) is 64.0 Å². The molecule has 0 saturated carbocycles. The lowest BCUT2D eigenvalue weighted by molar-refractivity contribution is -0.138. The van der Waals surface area contributed by atoms with Crippen LogP contribution in [0.4, 0.5) is 5.69 Å². The number of nitrogens with zero attached hydrogens (tertiary/aromatic N) is 3. The summed E-state index contributed by atoms with van der Waals surface area (Å²) in [5, 5.41) is 20.0. The number of carboxylic acid groups (broad SMARTS) is 1. The molecule has 1 unspecified atom stereocenters. The highest BCUT2D eigenvalue weighted by molar-refractivity contribution is 6.26. The minimum Gasteiger partial charge on any atom is -0.480 e. The van der Waals surface area contributed by atoms with Crippen molar-refractivity contribution in [3.8, 4) is 0 Å². The van der Waals surface area contributed by atoms with Crippen LogP contribution in [0.25, 0.3) is 0 Å². The Balaban J connectivity index is 0.00000176. The number of benzene rings is 1. The Morgan fingerprint density at radius 3 is 2.45 bits per heavy atom. The number of carboxylic acids is 1. The molecule has 3 rings (SSSR count). The van der Waals surface area contributed by atoms with E-state index >= 15 is 0 Å². The van der Waals surface area contributed by atoms with E-state index < -0.39 is 17.7 Å². The number of carbonyl (C=O) groups is 2. The van der Waals surface area contributed by atoms with Crippen molar-refractivity contribution in [1.82, 2.24) is 9.96 Å². The highest BCUT2D eigenvalue weighted by atomic mass is 35.5. The zero-order chi connectivity index (χ0) is 15.0. The van der Waals surface area contributed by atoms with Crippen LogP contribution < -0.4 is 0 Å². The van der Waals surface area contributed by atoms with Gasteiger partial charge in [-0.2, -0.15) is 5.06 Å². The SMILES string of the molecule is Cl.O=C(O)C1C(=O)c2ccccc2N=C1N1CCN(O)CC1. The lowest BCUT2D eigenvalue weighted by Gasteiger charge is -2.36. The van der Waals surface area contributed by atoms with Crippen LogP contribution in [0.1, 0.15) is 10.4 Å². The van der Waals surface area contributed by atoms with Gasteiger partial charge in [0, 0.05) is 31.7 Å². The number of aliphatic carboxylic acids is 1. The second-order valence-electron chi connectivity index (χ2n) is 5.06. The normalized spacial score (nSPS) is 21.7. The van der Waals surface area contributed by atoms with Crippen molar-refractivity contribution in [2.75, 3.05) is 26.2 Å². The molecule has 1 saturated heterocycles. The topological polar surface area (TPSA) is 93.4 Å². The predicted molar refractivity (Wildman–Crippen MR) is 81.2 cm³/mol. The molecule has 0 aromatic heterocycles. The van der Waals surface area contributed by atoms with Crippen molar-refractivity contribution in [2.45, 2.75) is 0 Å². The van der Waals surface area contributed by atoms with Crippen LogP contribution >= 0.6 is 12.4 Å². The van der Waals surface area contributed by atoms with E-state index in [9.17, 15) is 19.9 Å². The van der Waals surface area contributed by atoms with Gasteiger partial charge in [0.1, 0.15) is 5.84 Å². The van der Waals surface area contributed by atoms with Gasteiger partial charge in [-0.3, -0.25) is 9.59 Å². The minimum absolute atomic E-state index is 0. The molecule has 7 nitrogen and oxygen atoms in total. The fraction of sp³-hybridized carbons (Fsp3) is 0.357. The van der Waals surface area contributed by atoms with Crippen molar-refractivity contribution >= 4 is 35.7 Å². The summed E-state index contributed by atoms with van der Waals surface area (Å²) in [6.07, 6.45) is 0. The molecule has 22 heavy (non-hydrogen) atoms. The zero-order valence-electron chi connectivity index (χ0n) is 11.7. The number of ketones is 1. The Bertz CT molecular complexity index is 626. The van der Waals surface area contributed by atoms with E-state index in [0.29, 0.717) is 37.4 Å². The number of carbonyl (C=O) groups excluding carboxylic acids is 1. The third-order valence-corrected chi connectivity index (χ3v) is 3.75. The number of piperazine rings is 1. The molecule has 1 fully saturated rings. The largest absolute Gasteiger partial charge is 0.480 e. The van der Waals surface area contributed by atoms with Gasteiger partial charge in [-0.1, -0.05) is 12.1 Å². The fourth-order valence-electron chi connectivity index (χ4n) is 2.64. The minimum atomic E-state index is -1.27. The third kappa shape index (κ3) is 2.83. The first-order chi connectivity index (χ1) is 10.1. The molecule has 8 heteroatoms. The average Bonchev–Trinajstić information content (AvgIpc) is 2.47. The molecular formula is C14H16ClN3O4. The second kappa shape index (κ2) is 6.43. The summed E-state index contributed by atoms with van der Waals surface area (Å²) >= 11 is 0. The molecule has 118 valence electrons. The van der Waals surface area contributed by atoms with Crippen molar-refractivity contribution in [3.05, 3.63) is 29.8 Å². The van der Waals surface area contributed by atoms with Gasteiger partial charge in [0.05, 0.1) is 5.69 Å².